The summed E-state index contributed by atoms with van der Waals surface area (Å²) in [5.74, 6) is 0.169. The molecule has 17 heavy (non-hydrogen) atoms. The van der Waals surface area contributed by atoms with E-state index in [-0.39, 0.29) is 5.82 Å². The van der Waals surface area contributed by atoms with Gasteiger partial charge in [0, 0.05) is 6.54 Å². The molecule has 3 nitrogen and oxygen atoms in total. The Morgan fingerprint density at radius 1 is 1.47 bits per heavy atom. The quantitative estimate of drug-likeness (QED) is 0.879. The average Bonchev–Trinajstić information content (AvgIpc) is 2.82. The molecule has 0 amide bonds. The third-order valence-corrected chi connectivity index (χ3v) is 3.17. The van der Waals surface area contributed by atoms with Gasteiger partial charge in [0.05, 0.1) is 6.20 Å². The van der Waals surface area contributed by atoms with Crippen LogP contribution in [0.2, 0.25) is 0 Å². The predicted molar refractivity (Wildman–Crippen MR) is 66.6 cm³/mol. The predicted octanol–water partition coefficient (Wildman–Crippen LogP) is 2.60. The van der Waals surface area contributed by atoms with Gasteiger partial charge in [0.2, 0.25) is 0 Å². The highest BCUT2D eigenvalue weighted by Crippen LogP contribution is 2.23. The summed E-state index contributed by atoms with van der Waals surface area (Å²) in [5, 5.41) is 17.0. The normalized spacial score (nSPS) is 14.3. The summed E-state index contributed by atoms with van der Waals surface area (Å²) >= 11 is 1.54. The van der Waals surface area contributed by atoms with E-state index in [1.54, 1.807) is 13.0 Å². The summed E-state index contributed by atoms with van der Waals surface area (Å²) in [6.07, 6.45) is 1.14. The maximum Gasteiger partial charge on any atom is 0.141 e. The van der Waals surface area contributed by atoms with E-state index in [1.165, 1.54) is 17.4 Å². The van der Waals surface area contributed by atoms with Crippen molar-refractivity contribution in [2.75, 3.05) is 11.9 Å². The van der Waals surface area contributed by atoms with Crippen LogP contribution in [0.25, 0.3) is 0 Å². The molecule has 2 aromatic rings. The second-order valence-corrected chi connectivity index (χ2v) is 4.78. The molecule has 1 atom stereocenters. The van der Waals surface area contributed by atoms with E-state index in [9.17, 15) is 9.50 Å². The molecule has 0 saturated carbocycles. The lowest BCUT2D eigenvalue weighted by atomic mass is 9.99. The Morgan fingerprint density at radius 3 is 2.88 bits per heavy atom. The minimum absolute atomic E-state index is 0.322. The molecule has 2 aromatic heterocycles. The molecule has 0 aliphatic heterocycles. The van der Waals surface area contributed by atoms with Crippen LogP contribution in [0.1, 0.15) is 12.5 Å². The highest BCUT2D eigenvalue weighted by Gasteiger charge is 2.23. The van der Waals surface area contributed by atoms with Gasteiger partial charge in [-0.05, 0) is 41.4 Å². The van der Waals surface area contributed by atoms with Crippen molar-refractivity contribution >= 4 is 17.2 Å². The van der Waals surface area contributed by atoms with Crippen LogP contribution >= 0.6 is 11.3 Å². The Balaban J connectivity index is 2.00. The van der Waals surface area contributed by atoms with Gasteiger partial charge < -0.3 is 10.4 Å². The molecule has 0 spiro atoms. The van der Waals surface area contributed by atoms with Crippen molar-refractivity contribution in [1.82, 2.24) is 4.98 Å². The van der Waals surface area contributed by atoms with E-state index in [0.29, 0.717) is 12.4 Å². The van der Waals surface area contributed by atoms with Crippen LogP contribution in [0.3, 0.4) is 0 Å². The van der Waals surface area contributed by atoms with E-state index in [4.69, 9.17) is 0 Å². The van der Waals surface area contributed by atoms with Crippen molar-refractivity contribution in [3.63, 3.8) is 0 Å². The lowest BCUT2D eigenvalue weighted by Crippen LogP contribution is -2.30. The van der Waals surface area contributed by atoms with Gasteiger partial charge in [0.1, 0.15) is 17.2 Å². The topological polar surface area (TPSA) is 45.1 Å². The van der Waals surface area contributed by atoms with Crippen LogP contribution in [0.5, 0.6) is 0 Å². The van der Waals surface area contributed by atoms with Gasteiger partial charge in [-0.15, -0.1) is 0 Å². The van der Waals surface area contributed by atoms with Crippen LogP contribution in [-0.4, -0.2) is 16.6 Å². The Bertz CT molecular complexity index is 468. The van der Waals surface area contributed by atoms with E-state index >= 15 is 0 Å². The molecule has 0 saturated heterocycles. The van der Waals surface area contributed by atoms with E-state index in [2.05, 4.69) is 10.3 Å². The number of nitrogens with zero attached hydrogens (tertiary/aromatic N) is 1. The van der Waals surface area contributed by atoms with Crippen LogP contribution in [-0.2, 0) is 5.60 Å². The monoisotopic (exact) mass is 252 g/mol. The van der Waals surface area contributed by atoms with Gasteiger partial charge in [0.25, 0.3) is 0 Å². The number of rotatable bonds is 4. The van der Waals surface area contributed by atoms with Gasteiger partial charge in [0.15, 0.2) is 0 Å². The minimum atomic E-state index is -0.962. The number of anilines is 1. The zero-order valence-corrected chi connectivity index (χ0v) is 10.2. The fourth-order valence-corrected chi connectivity index (χ4v) is 2.20. The molecule has 0 bridgehead atoms. The van der Waals surface area contributed by atoms with Crippen LogP contribution in [0.4, 0.5) is 10.2 Å². The van der Waals surface area contributed by atoms with Crippen molar-refractivity contribution in [2.24, 2.45) is 0 Å². The second-order valence-electron chi connectivity index (χ2n) is 4.00. The first-order valence-electron chi connectivity index (χ1n) is 5.18. The lowest BCUT2D eigenvalue weighted by Gasteiger charge is -2.23. The summed E-state index contributed by atoms with van der Waals surface area (Å²) in [4.78, 5) is 3.87. The lowest BCUT2D eigenvalue weighted by molar-refractivity contribution is 0.0719. The standard InChI is InChI=1S/C12H13FN2OS/c1-12(16,9-4-5-17-7-9)8-15-11-3-2-10(13)6-14-11/h2-7,16H,8H2,1H3,(H,14,15). The first-order chi connectivity index (χ1) is 8.08. The largest absolute Gasteiger partial charge is 0.384 e. The van der Waals surface area contributed by atoms with Crippen molar-refractivity contribution in [3.8, 4) is 0 Å². The van der Waals surface area contributed by atoms with Gasteiger partial charge in [-0.2, -0.15) is 11.3 Å². The van der Waals surface area contributed by atoms with Crippen molar-refractivity contribution < 1.29 is 9.50 Å². The van der Waals surface area contributed by atoms with E-state index < -0.39 is 5.60 Å². The molecule has 0 aromatic carbocycles. The van der Waals surface area contributed by atoms with E-state index in [0.717, 1.165) is 11.8 Å². The summed E-state index contributed by atoms with van der Waals surface area (Å²) in [7, 11) is 0. The summed E-state index contributed by atoms with van der Waals surface area (Å²) in [6, 6.07) is 4.75. The summed E-state index contributed by atoms with van der Waals surface area (Å²) in [5.41, 5.74) is -0.104. The number of pyridine rings is 1. The van der Waals surface area contributed by atoms with Crippen molar-refractivity contribution in [2.45, 2.75) is 12.5 Å². The maximum atomic E-state index is 12.6. The molecule has 0 aliphatic rings. The zero-order chi connectivity index (χ0) is 12.3. The molecular formula is C12H13FN2OS. The minimum Gasteiger partial charge on any atom is -0.384 e. The molecule has 5 heteroatoms. The average molecular weight is 252 g/mol. The molecule has 1 unspecified atom stereocenters. The number of hydrogen-bond donors (Lipinski definition) is 2. The SMILES string of the molecule is CC(O)(CNc1ccc(F)cn1)c1ccsc1. The molecule has 2 heterocycles. The zero-order valence-electron chi connectivity index (χ0n) is 9.35. The number of hydrogen-bond acceptors (Lipinski definition) is 4. The smallest absolute Gasteiger partial charge is 0.141 e. The molecule has 2 rings (SSSR count). The van der Waals surface area contributed by atoms with Crippen molar-refractivity contribution in [3.05, 3.63) is 46.5 Å². The van der Waals surface area contributed by atoms with Gasteiger partial charge in [-0.3, -0.25) is 0 Å². The summed E-state index contributed by atoms with van der Waals surface area (Å²) < 4.78 is 12.6. The Labute approximate surface area is 103 Å². The fourth-order valence-electron chi connectivity index (χ4n) is 1.42. The molecular weight excluding hydrogens is 239 g/mol. The highest BCUT2D eigenvalue weighted by molar-refractivity contribution is 7.08. The molecule has 0 fully saturated rings. The van der Waals surface area contributed by atoms with Gasteiger partial charge in [-0.25, -0.2) is 9.37 Å². The molecule has 2 N–H and O–H groups in total. The second kappa shape index (κ2) is 4.81. The van der Waals surface area contributed by atoms with Gasteiger partial charge in [-0.1, -0.05) is 0 Å². The first-order valence-corrected chi connectivity index (χ1v) is 6.13. The summed E-state index contributed by atoms with van der Waals surface area (Å²) in [6.45, 7) is 2.05. The van der Waals surface area contributed by atoms with Gasteiger partial charge >= 0.3 is 0 Å². The number of aliphatic hydroxyl groups is 1. The number of aromatic nitrogens is 1. The van der Waals surface area contributed by atoms with Crippen molar-refractivity contribution in [1.29, 1.82) is 0 Å². The van der Waals surface area contributed by atoms with E-state index in [1.807, 2.05) is 16.8 Å². The maximum absolute atomic E-state index is 12.6. The number of nitrogens with one attached hydrogen (secondary N) is 1. The number of thiophene rings is 1. The molecule has 0 radical (unpaired) electrons. The highest BCUT2D eigenvalue weighted by atomic mass is 32.1. The molecule has 0 aliphatic carbocycles. The third-order valence-electron chi connectivity index (χ3n) is 2.48. The first kappa shape index (κ1) is 12.0. The Kier molecular flexibility index (Phi) is 3.40. The number of halogens is 1. The third kappa shape index (κ3) is 3.01. The Morgan fingerprint density at radius 2 is 2.29 bits per heavy atom. The van der Waals surface area contributed by atoms with Crippen LogP contribution in [0.15, 0.2) is 35.2 Å². The Hall–Kier alpha value is -1.46. The molecule has 90 valence electrons. The van der Waals surface area contributed by atoms with Crippen LogP contribution in [0, 0.1) is 5.82 Å². The van der Waals surface area contributed by atoms with Crippen LogP contribution < -0.4 is 5.32 Å². The fraction of sp³-hybridized carbons (Fsp3) is 0.250.